The van der Waals surface area contributed by atoms with Crippen LogP contribution in [0.3, 0.4) is 0 Å². The second-order valence-corrected chi connectivity index (χ2v) is 3.36. The Hall–Kier alpha value is -1.06. The van der Waals surface area contributed by atoms with Gasteiger partial charge in [-0.15, -0.1) is 0 Å². The first kappa shape index (κ1) is 10.0. The first-order valence-corrected chi connectivity index (χ1v) is 4.32. The summed E-state index contributed by atoms with van der Waals surface area (Å²) in [5.41, 5.74) is 13.9. The molecular formula is C10H16N2O. The van der Waals surface area contributed by atoms with Crippen molar-refractivity contribution in [1.82, 2.24) is 0 Å². The van der Waals surface area contributed by atoms with E-state index in [1.165, 1.54) is 0 Å². The van der Waals surface area contributed by atoms with Crippen molar-refractivity contribution in [2.45, 2.75) is 19.9 Å². The predicted octanol–water partition coefficient (Wildman–Crippen LogP) is 0.968. The molecule has 13 heavy (non-hydrogen) atoms. The van der Waals surface area contributed by atoms with Crippen LogP contribution in [-0.4, -0.2) is 11.7 Å². The Morgan fingerprint density at radius 1 is 1.38 bits per heavy atom. The minimum atomic E-state index is -0.279. The Labute approximate surface area is 78.4 Å². The standard InChI is InChI=1S/C10H16N2O/c1-6-3-7(2)10(13)8(4-6)9(12)5-11/h3-4,9,13H,5,11-12H2,1-2H3/t9-/m1/s1. The predicted molar refractivity (Wildman–Crippen MR) is 53.6 cm³/mol. The van der Waals surface area contributed by atoms with Crippen LogP contribution >= 0.6 is 0 Å². The van der Waals surface area contributed by atoms with Gasteiger partial charge in [0, 0.05) is 18.2 Å². The van der Waals surface area contributed by atoms with Gasteiger partial charge in [0.1, 0.15) is 5.75 Å². The van der Waals surface area contributed by atoms with Gasteiger partial charge in [0.15, 0.2) is 0 Å². The number of nitrogens with two attached hydrogens (primary N) is 2. The molecule has 0 aromatic heterocycles. The highest BCUT2D eigenvalue weighted by atomic mass is 16.3. The Morgan fingerprint density at radius 3 is 2.54 bits per heavy atom. The first-order valence-electron chi connectivity index (χ1n) is 4.32. The van der Waals surface area contributed by atoms with Crippen molar-refractivity contribution in [1.29, 1.82) is 0 Å². The maximum atomic E-state index is 9.69. The zero-order valence-electron chi connectivity index (χ0n) is 8.04. The van der Waals surface area contributed by atoms with Crippen LogP contribution in [0.1, 0.15) is 22.7 Å². The van der Waals surface area contributed by atoms with Gasteiger partial charge in [-0.1, -0.05) is 17.7 Å². The lowest BCUT2D eigenvalue weighted by Crippen LogP contribution is -2.21. The van der Waals surface area contributed by atoms with E-state index in [0.29, 0.717) is 6.54 Å². The number of aromatic hydroxyl groups is 1. The molecule has 5 N–H and O–H groups in total. The molecule has 0 bridgehead atoms. The minimum Gasteiger partial charge on any atom is -0.507 e. The van der Waals surface area contributed by atoms with E-state index in [2.05, 4.69) is 0 Å². The van der Waals surface area contributed by atoms with Crippen LogP contribution in [0.5, 0.6) is 5.75 Å². The second-order valence-electron chi connectivity index (χ2n) is 3.36. The van der Waals surface area contributed by atoms with Crippen molar-refractivity contribution in [3.8, 4) is 5.75 Å². The summed E-state index contributed by atoms with van der Waals surface area (Å²) in [6.45, 7) is 4.17. The highest BCUT2D eigenvalue weighted by Crippen LogP contribution is 2.27. The lowest BCUT2D eigenvalue weighted by molar-refractivity contribution is 0.457. The largest absolute Gasteiger partial charge is 0.507 e. The van der Waals surface area contributed by atoms with Crippen LogP contribution in [-0.2, 0) is 0 Å². The highest BCUT2D eigenvalue weighted by Gasteiger charge is 2.11. The molecule has 1 atom stereocenters. The monoisotopic (exact) mass is 180 g/mol. The van der Waals surface area contributed by atoms with Crippen LogP contribution in [0.2, 0.25) is 0 Å². The molecule has 0 radical (unpaired) electrons. The summed E-state index contributed by atoms with van der Waals surface area (Å²) in [6.07, 6.45) is 0. The van der Waals surface area contributed by atoms with E-state index in [9.17, 15) is 5.11 Å². The Bertz CT molecular complexity index is 310. The molecule has 0 aliphatic rings. The summed E-state index contributed by atoms with van der Waals surface area (Å²) in [6, 6.07) is 3.51. The number of phenolic OH excluding ortho intramolecular Hbond substituents is 1. The third-order valence-electron chi connectivity index (χ3n) is 2.13. The van der Waals surface area contributed by atoms with Gasteiger partial charge >= 0.3 is 0 Å². The molecule has 0 saturated carbocycles. The summed E-state index contributed by atoms with van der Waals surface area (Å²) < 4.78 is 0. The van der Waals surface area contributed by atoms with E-state index in [-0.39, 0.29) is 11.8 Å². The van der Waals surface area contributed by atoms with Crippen LogP contribution in [0.4, 0.5) is 0 Å². The van der Waals surface area contributed by atoms with Gasteiger partial charge in [0.05, 0.1) is 0 Å². The fraction of sp³-hybridized carbons (Fsp3) is 0.400. The van der Waals surface area contributed by atoms with Crippen LogP contribution in [0, 0.1) is 13.8 Å². The molecule has 0 saturated heterocycles. The van der Waals surface area contributed by atoms with Crippen molar-refractivity contribution in [3.05, 3.63) is 28.8 Å². The minimum absolute atomic E-state index is 0.267. The van der Waals surface area contributed by atoms with E-state index in [0.717, 1.165) is 16.7 Å². The molecule has 72 valence electrons. The van der Waals surface area contributed by atoms with Gasteiger partial charge in [0.25, 0.3) is 0 Å². The number of hydrogen-bond acceptors (Lipinski definition) is 3. The third-order valence-corrected chi connectivity index (χ3v) is 2.13. The second kappa shape index (κ2) is 3.77. The molecule has 1 aromatic rings. The van der Waals surface area contributed by atoms with Crippen molar-refractivity contribution in [2.24, 2.45) is 11.5 Å². The van der Waals surface area contributed by atoms with E-state index >= 15 is 0 Å². The number of hydrogen-bond donors (Lipinski definition) is 3. The lowest BCUT2D eigenvalue weighted by atomic mass is 10.0. The van der Waals surface area contributed by atoms with E-state index < -0.39 is 0 Å². The average Bonchev–Trinajstić information content (AvgIpc) is 2.10. The van der Waals surface area contributed by atoms with Crippen LogP contribution < -0.4 is 11.5 Å². The molecule has 1 rings (SSSR count). The normalized spacial score (nSPS) is 12.9. The zero-order chi connectivity index (χ0) is 10.0. The highest BCUT2D eigenvalue weighted by molar-refractivity contribution is 5.44. The number of aryl methyl sites for hydroxylation is 2. The van der Waals surface area contributed by atoms with Gasteiger partial charge < -0.3 is 16.6 Å². The Balaban J connectivity index is 3.20. The number of phenols is 1. The average molecular weight is 180 g/mol. The summed E-state index contributed by atoms with van der Waals surface area (Å²) in [5, 5.41) is 9.69. The van der Waals surface area contributed by atoms with Gasteiger partial charge in [0.2, 0.25) is 0 Å². The summed E-state index contributed by atoms with van der Waals surface area (Å²) in [5.74, 6) is 0.267. The van der Waals surface area contributed by atoms with Gasteiger partial charge in [-0.2, -0.15) is 0 Å². The quantitative estimate of drug-likeness (QED) is 0.635. The van der Waals surface area contributed by atoms with Crippen molar-refractivity contribution in [2.75, 3.05) is 6.54 Å². The fourth-order valence-corrected chi connectivity index (χ4v) is 1.40. The Kier molecular flexibility index (Phi) is 2.90. The number of benzene rings is 1. The van der Waals surface area contributed by atoms with Crippen LogP contribution in [0.25, 0.3) is 0 Å². The maximum Gasteiger partial charge on any atom is 0.123 e. The Morgan fingerprint density at radius 2 is 2.00 bits per heavy atom. The van der Waals surface area contributed by atoms with Crippen molar-refractivity contribution >= 4 is 0 Å². The molecule has 3 heteroatoms. The van der Waals surface area contributed by atoms with E-state index in [1.54, 1.807) is 0 Å². The van der Waals surface area contributed by atoms with Crippen molar-refractivity contribution < 1.29 is 5.11 Å². The molecule has 0 heterocycles. The summed E-state index contributed by atoms with van der Waals surface area (Å²) in [4.78, 5) is 0. The smallest absolute Gasteiger partial charge is 0.123 e. The van der Waals surface area contributed by atoms with Gasteiger partial charge in [-0.25, -0.2) is 0 Å². The number of rotatable bonds is 2. The molecular weight excluding hydrogens is 164 g/mol. The topological polar surface area (TPSA) is 72.3 Å². The lowest BCUT2D eigenvalue weighted by Gasteiger charge is -2.13. The first-order chi connectivity index (χ1) is 6.06. The molecule has 0 unspecified atom stereocenters. The molecule has 0 spiro atoms. The van der Waals surface area contributed by atoms with Crippen LogP contribution in [0.15, 0.2) is 12.1 Å². The van der Waals surface area contributed by atoms with E-state index in [4.69, 9.17) is 11.5 Å². The molecule has 0 aliphatic carbocycles. The molecule has 0 fully saturated rings. The third kappa shape index (κ3) is 1.99. The van der Waals surface area contributed by atoms with Crippen molar-refractivity contribution in [3.63, 3.8) is 0 Å². The SMILES string of the molecule is Cc1cc(C)c(O)c([C@H](N)CN)c1. The van der Waals surface area contributed by atoms with Gasteiger partial charge in [-0.05, 0) is 19.4 Å². The van der Waals surface area contributed by atoms with E-state index in [1.807, 2.05) is 26.0 Å². The summed E-state index contributed by atoms with van der Waals surface area (Å²) >= 11 is 0. The molecule has 0 aliphatic heterocycles. The van der Waals surface area contributed by atoms with Gasteiger partial charge in [-0.3, -0.25) is 0 Å². The fourth-order valence-electron chi connectivity index (χ4n) is 1.40. The molecule has 0 amide bonds. The molecule has 1 aromatic carbocycles. The molecule has 3 nitrogen and oxygen atoms in total. The maximum absolute atomic E-state index is 9.69. The zero-order valence-corrected chi connectivity index (χ0v) is 8.04. The summed E-state index contributed by atoms with van der Waals surface area (Å²) in [7, 11) is 0.